The highest BCUT2D eigenvalue weighted by Crippen LogP contribution is 2.31. The molecule has 0 saturated heterocycles. The van der Waals surface area contributed by atoms with Crippen molar-refractivity contribution in [3.63, 3.8) is 0 Å². The van der Waals surface area contributed by atoms with Gasteiger partial charge in [0.25, 0.3) is 0 Å². The number of sulfonamides is 1. The molecule has 3 aromatic carbocycles. The van der Waals surface area contributed by atoms with Crippen LogP contribution in [0.5, 0.6) is 0 Å². The number of carbonyl (C=O) groups is 1. The molecule has 0 aliphatic heterocycles. The zero-order valence-corrected chi connectivity index (χ0v) is 20.3. The van der Waals surface area contributed by atoms with E-state index in [4.69, 9.17) is 11.6 Å². The molecule has 0 aliphatic rings. The van der Waals surface area contributed by atoms with E-state index in [-0.39, 0.29) is 17.0 Å². The Hall–Kier alpha value is -2.26. The largest absolute Gasteiger partial charge is 0.355 e. The summed E-state index contributed by atoms with van der Waals surface area (Å²) in [6.45, 7) is 1.71. The SMILES string of the molecule is CCNC(=O)C(c1ccccc1)N(Cc1ccc(Br)cc1F)S(=O)(=O)c1ccc(Cl)cc1. The Morgan fingerprint density at radius 2 is 1.75 bits per heavy atom. The van der Waals surface area contributed by atoms with Crippen LogP contribution in [0, 0.1) is 5.82 Å². The van der Waals surface area contributed by atoms with Crippen molar-refractivity contribution in [2.24, 2.45) is 0 Å². The first-order valence-corrected chi connectivity index (χ1v) is 12.4. The van der Waals surface area contributed by atoms with Gasteiger partial charge in [0, 0.05) is 28.1 Å². The summed E-state index contributed by atoms with van der Waals surface area (Å²) in [5.74, 6) is -1.09. The molecule has 0 fully saturated rings. The number of carbonyl (C=O) groups excluding carboxylic acids is 1. The van der Waals surface area contributed by atoms with Gasteiger partial charge in [-0.15, -0.1) is 0 Å². The fourth-order valence-corrected chi connectivity index (χ4v) is 5.24. The van der Waals surface area contributed by atoms with Crippen molar-refractivity contribution in [3.05, 3.63) is 99.2 Å². The number of hydrogen-bond donors (Lipinski definition) is 1. The molecule has 1 atom stereocenters. The molecule has 0 spiro atoms. The highest BCUT2D eigenvalue weighted by Gasteiger charge is 2.37. The van der Waals surface area contributed by atoms with Crippen molar-refractivity contribution >= 4 is 43.5 Å². The second-order valence-corrected chi connectivity index (χ2v) is 10.2. The molecule has 0 aliphatic carbocycles. The van der Waals surface area contributed by atoms with Gasteiger partial charge in [0.1, 0.15) is 11.9 Å². The third-order valence-corrected chi connectivity index (χ3v) is 7.33. The lowest BCUT2D eigenvalue weighted by Crippen LogP contribution is -2.43. The van der Waals surface area contributed by atoms with Crippen LogP contribution in [0.1, 0.15) is 24.1 Å². The van der Waals surface area contributed by atoms with Gasteiger partial charge >= 0.3 is 0 Å². The molecule has 1 N–H and O–H groups in total. The summed E-state index contributed by atoms with van der Waals surface area (Å²) < 4.78 is 43.7. The average molecular weight is 540 g/mol. The van der Waals surface area contributed by atoms with Crippen molar-refractivity contribution in [2.75, 3.05) is 6.54 Å². The summed E-state index contributed by atoms with van der Waals surface area (Å²) >= 11 is 9.14. The van der Waals surface area contributed by atoms with Crippen molar-refractivity contribution < 1.29 is 17.6 Å². The maximum Gasteiger partial charge on any atom is 0.244 e. The van der Waals surface area contributed by atoms with Gasteiger partial charge < -0.3 is 5.32 Å². The third kappa shape index (κ3) is 5.56. The number of halogens is 3. The zero-order chi connectivity index (χ0) is 23.3. The number of benzene rings is 3. The minimum atomic E-state index is -4.22. The third-order valence-electron chi connectivity index (χ3n) is 4.76. The molecule has 0 bridgehead atoms. The molecule has 0 radical (unpaired) electrons. The van der Waals surface area contributed by atoms with Crippen LogP contribution in [0.2, 0.25) is 5.02 Å². The van der Waals surface area contributed by atoms with Crippen molar-refractivity contribution in [1.29, 1.82) is 0 Å². The Morgan fingerprint density at radius 1 is 1.09 bits per heavy atom. The standard InChI is InChI=1S/C23H21BrClFN2O3S/c1-2-27-23(29)22(16-6-4-3-5-7-16)28(15-17-8-9-18(24)14-21(17)26)32(30,31)20-12-10-19(25)11-13-20/h3-14,22H,2,15H2,1H3,(H,27,29). The van der Waals surface area contributed by atoms with E-state index < -0.39 is 27.8 Å². The zero-order valence-electron chi connectivity index (χ0n) is 17.1. The minimum absolute atomic E-state index is 0.0513. The smallest absolute Gasteiger partial charge is 0.244 e. The first-order chi connectivity index (χ1) is 15.2. The predicted molar refractivity (Wildman–Crippen MR) is 126 cm³/mol. The molecule has 168 valence electrons. The molecule has 5 nitrogen and oxygen atoms in total. The van der Waals surface area contributed by atoms with Crippen LogP contribution in [0.4, 0.5) is 4.39 Å². The van der Waals surface area contributed by atoms with E-state index in [0.29, 0.717) is 21.6 Å². The van der Waals surface area contributed by atoms with Crippen LogP contribution in [-0.4, -0.2) is 25.2 Å². The molecule has 0 aromatic heterocycles. The lowest BCUT2D eigenvalue weighted by molar-refractivity contribution is -0.125. The van der Waals surface area contributed by atoms with Gasteiger partial charge in [-0.1, -0.05) is 63.9 Å². The number of likely N-dealkylation sites (N-methyl/N-ethyl adjacent to an activating group) is 1. The van der Waals surface area contributed by atoms with E-state index in [9.17, 15) is 17.6 Å². The van der Waals surface area contributed by atoms with E-state index in [1.807, 2.05) is 0 Å². The van der Waals surface area contributed by atoms with Gasteiger partial charge in [-0.2, -0.15) is 4.31 Å². The first kappa shape index (κ1) is 24.4. The van der Waals surface area contributed by atoms with E-state index >= 15 is 0 Å². The van der Waals surface area contributed by atoms with Crippen LogP contribution in [0.25, 0.3) is 0 Å². The normalized spacial score (nSPS) is 12.5. The molecular formula is C23H21BrClFN2O3S. The van der Waals surface area contributed by atoms with Gasteiger partial charge in [0.05, 0.1) is 4.90 Å². The summed E-state index contributed by atoms with van der Waals surface area (Å²) in [5.41, 5.74) is 0.601. The lowest BCUT2D eigenvalue weighted by atomic mass is 10.1. The van der Waals surface area contributed by atoms with Gasteiger partial charge in [0.2, 0.25) is 15.9 Å². The summed E-state index contributed by atoms with van der Waals surface area (Å²) in [7, 11) is -4.22. The molecule has 1 unspecified atom stereocenters. The minimum Gasteiger partial charge on any atom is -0.355 e. The highest BCUT2D eigenvalue weighted by atomic mass is 79.9. The van der Waals surface area contributed by atoms with Gasteiger partial charge in [0.15, 0.2) is 0 Å². The molecule has 0 saturated carbocycles. The number of nitrogens with zero attached hydrogens (tertiary/aromatic N) is 1. The van der Waals surface area contributed by atoms with Gasteiger partial charge in [-0.25, -0.2) is 12.8 Å². The fraction of sp³-hybridized carbons (Fsp3) is 0.174. The quantitative estimate of drug-likeness (QED) is 0.422. The maximum absolute atomic E-state index is 14.7. The van der Waals surface area contributed by atoms with Crippen LogP contribution < -0.4 is 5.32 Å². The van der Waals surface area contributed by atoms with Crippen molar-refractivity contribution in [1.82, 2.24) is 9.62 Å². The van der Waals surface area contributed by atoms with E-state index in [0.717, 1.165) is 4.31 Å². The highest BCUT2D eigenvalue weighted by molar-refractivity contribution is 9.10. The Morgan fingerprint density at radius 3 is 2.34 bits per heavy atom. The monoisotopic (exact) mass is 538 g/mol. The Kier molecular flexibility index (Phi) is 8.05. The molecule has 32 heavy (non-hydrogen) atoms. The number of hydrogen-bond acceptors (Lipinski definition) is 3. The lowest BCUT2D eigenvalue weighted by Gasteiger charge is -2.30. The summed E-state index contributed by atoms with van der Waals surface area (Å²) in [4.78, 5) is 13.1. The second kappa shape index (κ2) is 10.6. The van der Waals surface area contributed by atoms with E-state index in [2.05, 4.69) is 21.2 Å². The van der Waals surface area contributed by atoms with Gasteiger partial charge in [-0.3, -0.25) is 4.79 Å². The predicted octanol–water partition coefficient (Wildman–Crippen LogP) is 5.31. The van der Waals surface area contributed by atoms with Crippen LogP contribution in [0.3, 0.4) is 0 Å². The van der Waals surface area contributed by atoms with Crippen LogP contribution in [-0.2, 0) is 21.4 Å². The molecular weight excluding hydrogens is 519 g/mol. The number of rotatable bonds is 8. The fourth-order valence-electron chi connectivity index (χ4n) is 3.23. The summed E-state index contributed by atoms with van der Waals surface area (Å²) in [6.07, 6.45) is 0. The van der Waals surface area contributed by atoms with E-state index in [1.54, 1.807) is 43.3 Å². The van der Waals surface area contributed by atoms with Crippen molar-refractivity contribution in [3.8, 4) is 0 Å². The van der Waals surface area contributed by atoms with Crippen LogP contribution >= 0.6 is 27.5 Å². The second-order valence-electron chi connectivity index (χ2n) is 6.95. The molecule has 3 rings (SSSR count). The summed E-state index contributed by atoms with van der Waals surface area (Å²) in [5, 5.41) is 3.07. The first-order valence-electron chi connectivity index (χ1n) is 9.78. The maximum atomic E-state index is 14.7. The Bertz CT molecular complexity index is 1190. The number of amides is 1. The summed E-state index contributed by atoms with van der Waals surface area (Å²) in [6, 6.07) is 17.3. The molecule has 0 heterocycles. The van der Waals surface area contributed by atoms with E-state index in [1.165, 1.54) is 36.4 Å². The van der Waals surface area contributed by atoms with Crippen molar-refractivity contribution in [2.45, 2.75) is 24.4 Å². The van der Waals surface area contributed by atoms with Crippen LogP contribution in [0.15, 0.2) is 82.2 Å². The molecule has 3 aromatic rings. The number of nitrogens with one attached hydrogen (secondary N) is 1. The Balaban J connectivity index is 2.19. The topological polar surface area (TPSA) is 66.5 Å². The Labute approximate surface area is 200 Å². The molecule has 1 amide bonds. The van der Waals surface area contributed by atoms with Gasteiger partial charge in [-0.05, 0) is 48.9 Å². The average Bonchev–Trinajstić information content (AvgIpc) is 2.76. The molecule has 9 heteroatoms.